The number of methoxy groups -OCH3 is 1. The van der Waals surface area contributed by atoms with Crippen molar-refractivity contribution < 1.29 is 19.0 Å². The number of carbonyl (C=O) groups excluding carboxylic acids is 1. The van der Waals surface area contributed by atoms with Gasteiger partial charge >= 0.3 is 0 Å². The highest BCUT2D eigenvalue weighted by molar-refractivity contribution is 7.21. The van der Waals surface area contributed by atoms with Crippen LogP contribution < -0.4 is 19.1 Å². The highest BCUT2D eigenvalue weighted by Crippen LogP contribution is 2.40. The third-order valence-electron chi connectivity index (χ3n) is 5.63. The molecule has 0 saturated carbocycles. The summed E-state index contributed by atoms with van der Waals surface area (Å²) in [6.45, 7) is 0.187. The predicted octanol–water partition coefficient (Wildman–Crippen LogP) is 6.13. The largest absolute Gasteiger partial charge is 0.497 e. The van der Waals surface area contributed by atoms with Crippen LogP contribution in [0.4, 0.5) is 5.69 Å². The number of hydrogen-bond acceptors (Lipinski definition) is 6. The van der Waals surface area contributed by atoms with Crippen LogP contribution in [0.2, 0.25) is 5.02 Å². The Kier molecular flexibility index (Phi) is 5.01. The summed E-state index contributed by atoms with van der Waals surface area (Å²) >= 11 is 8.29. The van der Waals surface area contributed by atoms with Crippen molar-refractivity contribution in [3.8, 4) is 17.2 Å². The lowest BCUT2D eigenvalue weighted by molar-refractivity contribution is -0.113. The second-order valence-corrected chi connectivity index (χ2v) is 9.09. The van der Waals surface area contributed by atoms with Crippen molar-refractivity contribution in [1.29, 1.82) is 0 Å². The quantitative estimate of drug-likeness (QED) is 0.324. The first-order chi connectivity index (χ1) is 16.6. The topological polar surface area (TPSA) is 60.4 Å². The summed E-state index contributed by atoms with van der Waals surface area (Å²) in [5.41, 5.74) is 1.76. The maximum atomic E-state index is 13.6. The van der Waals surface area contributed by atoms with E-state index in [9.17, 15) is 4.79 Å². The molecule has 2 aliphatic heterocycles. The van der Waals surface area contributed by atoms with E-state index in [1.165, 1.54) is 11.3 Å². The molecule has 6 rings (SSSR count). The van der Waals surface area contributed by atoms with Crippen LogP contribution in [0.15, 0.2) is 77.4 Å². The van der Waals surface area contributed by atoms with E-state index in [0.717, 1.165) is 20.5 Å². The average molecular weight is 489 g/mol. The first kappa shape index (κ1) is 20.8. The Hall–Kier alpha value is -3.81. The SMILES string of the molecule is COc1ccc(N2C(=O)/C(=C\c3ccc4c(c3)OCO4)N=C2c2sc3ccccc3c2Cl)cc1. The molecule has 0 fully saturated rings. The Morgan fingerprint density at radius 1 is 1.06 bits per heavy atom. The Labute approximate surface area is 204 Å². The number of halogens is 1. The molecule has 1 aromatic heterocycles. The fraction of sp³-hybridized carbons (Fsp3) is 0.0769. The molecule has 0 bridgehead atoms. The van der Waals surface area contributed by atoms with Gasteiger partial charge in [-0.2, -0.15) is 0 Å². The molecule has 0 unspecified atom stereocenters. The van der Waals surface area contributed by atoms with Crippen LogP contribution in [0.3, 0.4) is 0 Å². The van der Waals surface area contributed by atoms with Gasteiger partial charge in [-0.1, -0.05) is 35.9 Å². The van der Waals surface area contributed by atoms with Crippen molar-refractivity contribution in [2.45, 2.75) is 0 Å². The third-order valence-corrected chi connectivity index (χ3v) is 7.30. The molecule has 3 heterocycles. The first-order valence-electron chi connectivity index (χ1n) is 10.5. The van der Waals surface area contributed by atoms with Gasteiger partial charge in [0.2, 0.25) is 6.79 Å². The minimum absolute atomic E-state index is 0.187. The number of nitrogens with zero attached hydrogens (tertiary/aromatic N) is 2. The van der Waals surface area contributed by atoms with E-state index in [1.54, 1.807) is 18.1 Å². The zero-order chi connectivity index (χ0) is 23.2. The van der Waals surface area contributed by atoms with Crippen molar-refractivity contribution in [2.24, 2.45) is 4.99 Å². The predicted molar refractivity (Wildman–Crippen MR) is 134 cm³/mol. The lowest BCUT2D eigenvalue weighted by Crippen LogP contribution is -2.32. The molecule has 0 spiro atoms. The fourth-order valence-corrected chi connectivity index (χ4v) is 5.45. The van der Waals surface area contributed by atoms with Gasteiger partial charge in [0.1, 0.15) is 11.4 Å². The van der Waals surface area contributed by atoms with Crippen LogP contribution in [-0.4, -0.2) is 25.6 Å². The monoisotopic (exact) mass is 488 g/mol. The minimum atomic E-state index is -0.244. The van der Waals surface area contributed by atoms with E-state index >= 15 is 0 Å². The Bertz CT molecular complexity index is 1510. The number of amidine groups is 1. The molecule has 3 aromatic carbocycles. The molecule has 8 heteroatoms. The zero-order valence-electron chi connectivity index (χ0n) is 17.9. The Morgan fingerprint density at radius 2 is 1.85 bits per heavy atom. The van der Waals surface area contributed by atoms with Crippen LogP contribution in [0.25, 0.3) is 16.2 Å². The van der Waals surface area contributed by atoms with Gasteiger partial charge in [-0.25, -0.2) is 4.99 Å². The number of ether oxygens (including phenoxy) is 3. The maximum absolute atomic E-state index is 13.6. The second-order valence-electron chi connectivity index (χ2n) is 7.66. The summed E-state index contributed by atoms with van der Waals surface area (Å²) in [7, 11) is 1.60. The molecular weight excluding hydrogens is 472 g/mol. The van der Waals surface area contributed by atoms with E-state index in [4.69, 9.17) is 30.8 Å². The number of amides is 1. The van der Waals surface area contributed by atoms with Gasteiger partial charge in [-0.3, -0.25) is 9.69 Å². The van der Waals surface area contributed by atoms with E-state index in [0.29, 0.717) is 39.5 Å². The van der Waals surface area contributed by atoms with Crippen molar-refractivity contribution in [2.75, 3.05) is 18.8 Å². The molecular formula is C26H17ClN2O4S. The second kappa shape index (κ2) is 8.20. The third kappa shape index (κ3) is 3.41. The van der Waals surface area contributed by atoms with E-state index in [-0.39, 0.29) is 12.7 Å². The number of anilines is 1. The van der Waals surface area contributed by atoms with Crippen molar-refractivity contribution >= 4 is 56.5 Å². The number of thiophene rings is 1. The summed E-state index contributed by atoms with van der Waals surface area (Å²) in [6, 6.07) is 20.7. The van der Waals surface area contributed by atoms with E-state index < -0.39 is 0 Å². The van der Waals surface area contributed by atoms with Gasteiger partial charge in [0.25, 0.3) is 5.91 Å². The first-order valence-corrected chi connectivity index (χ1v) is 11.7. The highest BCUT2D eigenvalue weighted by atomic mass is 35.5. The number of fused-ring (bicyclic) bond motifs is 2. The highest BCUT2D eigenvalue weighted by Gasteiger charge is 2.35. The van der Waals surface area contributed by atoms with Crippen LogP contribution >= 0.6 is 22.9 Å². The maximum Gasteiger partial charge on any atom is 0.282 e. The zero-order valence-corrected chi connectivity index (χ0v) is 19.5. The van der Waals surface area contributed by atoms with Gasteiger partial charge in [0, 0.05) is 10.1 Å². The van der Waals surface area contributed by atoms with Crippen LogP contribution in [0, 0.1) is 0 Å². The molecule has 6 nitrogen and oxygen atoms in total. The van der Waals surface area contributed by atoms with Crippen LogP contribution in [0.1, 0.15) is 10.4 Å². The number of rotatable bonds is 4. The summed E-state index contributed by atoms with van der Waals surface area (Å²) < 4.78 is 17.2. The van der Waals surface area contributed by atoms with Crippen molar-refractivity contribution in [3.05, 3.63) is 87.9 Å². The normalized spacial score (nSPS) is 15.9. The van der Waals surface area contributed by atoms with Crippen molar-refractivity contribution in [3.63, 3.8) is 0 Å². The standard InChI is InChI=1S/C26H17ClN2O4S/c1-31-17-9-7-16(8-10-17)29-25(24-23(27)18-4-2-3-5-22(18)34-24)28-19(26(29)30)12-15-6-11-20-21(13-15)33-14-32-20/h2-13H,14H2,1H3/b19-12+. The molecule has 0 aliphatic carbocycles. The number of carbonyl (C=O) groups is 1. The van der Waals surface area contributed by atoms with E-state index in [2.05, 4.69) is 0 Å². The molecule has 0 atom stereocenters. The van der Waals surface area contributed by atoms with Crippen LogP contribution in [0.5, 0.6) is 17.2 Å². The molecule has 4 aromatic rings. The van der Waals surface area contributed by atoms with Gasteiger partial charge in [-0.05, 0) is 54.1 Å². The smallest absolute Gasteiger partial charge is 0.282 e. The molecule has 168 valence electrons. The Balaban J connectivity index is 1.49. The molecule has 2 aliphatic rings. The lowest BCUT2D eigenvalue weighted by Gasteiger charge is -2.18. The molecule has 0 saturated heterocycles. The fourth-order valence-electron chi connectivity index (χ4n) is 3.96. The molecule has 34 heavy (non-hydrogen) atoms. The van der Waals surface area contributed by atoms with Crippen LogP contribution in [-0.2, 0) is 4.79 Å². The summed E-state index contributed by atoms with van der Waals surface area (Å²) in [6.07, 6.45) is 1.75. The summed E-state index contributed by atoms with van der Waals surface area (Å²) in [5, 5.41) is 1.51. The molecule has 0 N–H and O–H groups in total. The minimum Gasteiger partial charge on any atom is -0.497 e. The lowest BCUT2D eigenvalue weighted by atomic mass is 10.1. The van der Waals surface area contributed by atoms with Gasteiger partial charge in [0.15, 0.2) is 17.3 Å². The average Bonchev–Trinajstić information content (AvgIpc) is 3.55. The number of aliphatic imine (C=N–C) groups is 1. The van der Waals surface area contributed by atoms with Gasteiger partial charge < -0.3 is 14.2 Å². The summed E-state index contributed by atoms with van der Waals surface area (Å²) in [5.74, 6) is 2.27. The van der Waals surface area contributed by atoms with Gasteiger partial charge in [-0.15, -0.1) is 11.3 Å². The number of hydrogen-bond donors (Lipinski definition) is 0. The molecule has 0 radical (unpaired) electrons. The summed E-state index contributed by atoms with van der Waals surface area (Å²) in [4.78, 5) is 20.7. The van der Waals surface area contributed by atoms with E-state index in [1.807, 2.05) is 66.7 Å². The Morgan fingerprint density at radius 3 is 2.65 bits per heavy atom. The van der Waals surface area contributed by atoms with Crippen molar-refractivity contribution in [1.82, 2.24) is 0 Å². The molecule has 1 amide bonds. The van der Waals surface area contributed by atoms with Gasteiger partial charge in [0.05, 0.1) is 22.7 Å². The number of benzene rings is 3.